The second-order valence-electron chi connectivity index (χ2n) is 11.8. The summed E-state index contributed by atoms with van der Waals surface area (Å²) in [5, 5.41) is 5.40. The maximum atomic E-state index is 3.95. The van der Waals surface area contributed by atoms with Crippen molar-refractivity contribution in [2.24, 2.45) is 0 Å². The third kappa shape index (κ3) is 4.61. The molecule has 186 valence electrons. The Hall–Kier alpha value is -1.31. The van der Waals surface area contributed by atoms with Gasteiger partial charge in [-0.25, -0.2) is 0 Å². The van der Waals surface area contributed by atoms with Gasteiger partial charge in [-0.2, -0.15) is 0 Å². The smallest absolute Gasteiger partial charge is 0.0718 e. The fourth-order valence-corrected chi connectivity index (χ4v) is 10.7. The van der Waals surface area contributed by atoms with Gasteiger partial charge in [0.1, 0.15) is 0 Å². The molecule has 0 aliphatic carbocycles. The molecule has 6 heterocycles. The molecule has 0 radical (unpaired) electrons. The third-order valence-corrected chi connectivity index (χ3v) is 12.5. The van der Waals surface area contributed by atoms with Crippen LogP contribution in [0.1, 0.15) is 72.6 Å². The minimum absolute atomic E-state index is 0.113. The lowest BCUT2D eigenvalue weighted by Gasteiger charge is -2.46. The molecule has 6 aliphatic heterocycles. The van der Waals surface area contributed by atoms with Gasteiger partial charge in [-0.15, -0.1) is 0 Å². The number of thioether (sulfide) groups is 1. The highest BCUT2D eigenvalue weighted by molar-refractivity contribution is 14.2. The Morgan fingerprint density at radius 3 is 2.63 bits per heavy atom. The van der Waals surface area contributed by atoms with E-state index in [1.165, 1.54) is 58.0 Å². The van der Waals surface area contributed by atoms with E-state index in [0.29, 0.717) is 17.1 Å². The molecule has 0 amide bonds. The SMILES string of the molecule is CC1=CN2C=C(C3=CC4=C(C=I3)CC=C(N(C)C3CC5(C)CCC(C)(C3)N5)S4)C=C(C)C2=CCC1. The summed E-state index contributed by atoms with van der Waals surface area (Å²) in [7, 11) is 2.34. The zero-order valence-electron chi connectivity index (χ0n) is 21.7. The molecule has 0 aromatic carbocycles. The van der Waals surface area contributed by atoms with E-state index in [0.717, 1.165) is 19.3 Å². The first kappa shape index (κ1) is 24.1. The number of fused-ring (bicyclic) bond motifs is 3. The van der Waals surface area contributed by atoms with Crippen molar-refractivity contribution >= 4 is 36.5 Å². The maximum Gasteiger partial charge on any atom is 0.0718 e. The molecule has 3 nitrogen and oxygen atoms in total. The van der Waals surface area contributed by atoms with Crippen LogP contribution in [0.5, 0.6) is 0 Å². The predicted molar refractivity (Wildman–Crippen MR) is 160 cm³/mol. The van der Waals surface area contributed by atoms with Crippen LogP contribution in [0.25, 0.3) is 0 Å². The molecule has 6 aliphatic rings. The van der Waals surface area contributed by atoms with Crippen molar-refractivity contribution in [2.45, 2.75) is 89.8 Å². The van der Waals surface area contributed by atoms with Gasteiger partial charge in [-0.05, 0) is 106 Å². The van der Waals surface area contributed by atoms with Gasteiger partial charge in [0.15, 0.2) is 0 Å². The molecule has 2 bridgehead atoms. The summed E-state index contributed by atoms with van der Waals surface area (Å²) in [6.07, 6.45) is 23.0. The minimum atomic E-state index is -0.113. The van der Waals surface area contributed by atoms with Gasteiger partial charge >= 0.3 is 0 Å². The first-order chi connectivity index (χ1) is 16.7. The van der Waals surface area contributed by atoms with E-state index in [-0.39, 0.29) is 20.7 Å². The largest absolute Gasteiger partial charge is 0.366 e. The number of piperidine rings is 1. The molecule has 1 N–H and O–H groups in total. The summed E-state index contributed by atoms with van der Waals surface area (Å²) in [5.41, 5.74) is 7.77. The topological polar surface area (TPSA) is 18.5 Å². The van der Waals surface area contributed by atoms with Gasteiger partial charge in [0.2, 0.25) is 0 Å². The Labute approximate surface area is 225 Å². The van der Waals surface area contributed by atoms with E-state index < -0.39 is 0 Å². The van der Waals surface area contributed by atoms with Crippen molar-refractivity contribution < 1.29 is 0 Å². The van der Waals surface area contributed by atoms with Crippen LogP contribution in [0.15, 0.2) is 78.2 Å². The van der Waals surface area contributed by atoms with Crippen molar-refractivity contribution in [3.05, 3.63) is 78.2 Å². The maximum absolute atomic E-state index is 3.95. The number of allylic oxidation sites excluding steroid dienone is 9. The minimum Gasteiger partial charge on any atom is -0.366 e. The summed E-state index contributed by atoms with van der Waals surface area (Å²) in [6.45, 7) is 9.40. The second kappa shape index (κ2) is 8.91. The van der Waals surface area contributed by atoms with Gasteiger partial charge in [-0.1, -0.05) is 44.1 Å². The molecule has 2 atom stereocenters. The van der Waals surface area contributed by atoms with E-state index in [2.05, 4.69) is 90.6 Å². The van der Waals surface area contributed by atoms with Gasteiger partial charge in [0, 0.05) is 56.3 Å². The van der Waals surface area contributed by atoms with E-state index in [1.807, 2.05) is 11.8 Å². The fourth-order valence-electron chi connectivity index (χ4n) is 6.66. The van der Waals surface area contributed by atoms with Crippen molar-refractivity contribution in [3.8, 4) is 0 Å². The normalized spacial score (nSPS) is 34.3. The molecule has 0 aromatic rings. The van der Waals surface area contributed by atoms with Crippen molar-refractivity contribution in [2.75, 3.05) is 7.05 Å². The zero-order valence-corrected chi connectivity index (χ0v) is 24.7. The molecule has 2 unspecified atom stereocenters. The number of halogens is 1. The molecule has 35 heavy (non-hydrogen) atoms. The molecule has 6 rings (SSSR count). The quantitative estimate of drug-likeness (QED) is 0.337. The van der Waals surface area contributed by atoms with E-state index in [4.69, 9.17) is 0 Å². The van der Waals surface area contributed by atoms with Gasteiger partial charge in [-0.3, -0.25) is 0 Å². The third-order valence-electron chi connectivity index (χ3n) is 8.53. The van der Waals surface area contributed by atoms with Crippen LogP contribution < -0.4 is 5.32 Å². The number of rotatable bonds is 3. The molecule has 0 aromatic heterocycles. The molecule has 2 fully saturated rings. The number of hydrogen-bond donors (Lipinski definition) is 1. The number of hydrogen-bond acceptors (Lipinski definition) is 4. The molecule has 0 spiro atoms. The van der Waals surface area contributed by atoms with Crippen LogP contribution in [0, 0.1) is 0 Å². The first-order valence-corrected chi connectivity index (χ1v) is 16.2. The molecule has 2 saturated heterocycles. The van der Waals surface area contributed by atoms with Gasteiger partial charge < -0.3 is 15.1 Å². The molecule has 0 saturated carbocycles. The standard InChI is InChI=1S/C30H38IN3S/c1-20-7-6-8-26-21(2)13-23(19-34(26)18-20)25-14-27-22(17-31-25)9-10-28(35-27)33(5)24-15-29(3)11-12-30(4,16-24)32-29/h8,10,13-14,17-19,24,32H,6-7,9,11-12,15-16H2,1-5H3. The zero-order chi connectivity index (χ0) is 24.4. The molecular weight excluding hydrogens is 561 g/mol. The Bertz CT molecular complexity index is 1190. The lowest BCUT2D eigenvalue weighted by Crippen LogP contribution is -2.58. The van der Waals surface area contributed by atoms with Crippen LogP contribution in [0.2, 0.25) is 0 Å². The van der Waals surface area contributed by atoms with E-state index in [1.54, 1.807) is 9.15 Å². The van der Waals surface area contributed by atoms with Crippen LogP contribution >= 0.6 is 32.5 Å². The van der Waals surface area contributed by atoms with Crippen molar-refractivity contribution in [1.82, 2.24) is 15.1 Å². The first-order valence-electron chi connectivity index (χ1n) is 13.1. The summed E-state index contributed by atoms with van der Waals surface area (Å²) >= 11 is 1.89. The molecule has 5 heteroatoms. The predicted octanol–water partition coefficient (Wildman–Crippen LogP) is 7.61. The van der Waals surface area contributed by atoms with E-state index in [9.17, 15) is 0 Å². The Morgan fingerprint density at radius 1 is 1.09 bits per heavy atom. The number of nitrogens with zero attached hydrogens (tertiary/aromatic N) is 2. The highest BCUT2D eigenvalue weighted by atomic mass is 127. The van der Waals surface area contributed by atoms with Gasteiger partial charge in [0.05, 0.1) is 5.03 Å². The van der Waals surface area contributed by atoms with Crippen LogP contribution in [-0.2, 0) is 0 Å². The highest BCUT2D eigenvalue weighted by Crippen LogP contribution is 2.48. The molecular formula is C30H38IN3S. The average Bonchev–Trinajstić information content (AvgIpc) is 2.94. The summed E-state index contributed by atoms with van der Waals surface area (Å²) in [4.78, 5) is 6.46. The van der Waals surface area contributed by atoms with E-state index >= 15 is 0 Å². The van der Waals surface area contributed by atoms with Gasteiger partial charge in [0.25, 0.3) is 0 Å². The lowest BCUT2D eigenvalue weighted by atomic mass is 9.84. The number of nitrogens with one attached hydrogen (secondary N) is 1. The van der Waals surface area contributed by atoms with Crippen LogP contribution in [0.3, 0.4) is 0 Å². The van der Waals surface area contributed by atoms with Crippen molar-refractivity contribution in [3.63, 3.8) is 0 Å². The average molecular weight is 600 g/mol. The highest BCUT2D eigenvalue weighted by Gasteiger charge is 2.49. The van der Waals surface area contributed by atoms with Crippen LogP contribution in [0.4, 0.5) is 0 Å². The Kier molecular flexibility index (Phi) is 6.12. The monoisotopic (exact) mass is 599 g/mol. The summed E-state index contributed by atoms with van der Waals surface area (Å²) < 4.78 is 4.13. The van der Waals surface area contributed by atoms with Crippen LogP contribution in [-0.4, -0.2) is 38.0 Å². The second-order valence-corrected chi connectivity index (χ2v) is 15.3. The summed E-state index contributed by atoms with van der Waals surface area (Å²) in [5.74, 6) is 0. The Morgan fingerprint density at radius 2 is 1.86 bits per heavy atom. The lowest BCUT2D eigenvalue weighted by molar-refractivity contribution is 0.136. The fraction of sp³-hybridized carbons (Fsp3) is 0.500. The summed E-state index contributed by atoms with van der Waals surface area (Å²) in [6, 6.07) is 0.619. The van der Waals surface area contributed by atoms with Crippen molar-refractivity contribution in [1.29, 1.82) is 0 Å². The Balaban J connectivity index is 1.22.